The predicted octanol–water partition coefficient (Wildman–Crippen LogP) is 3.53. The minimum absolute atomic E-state index is 0.0360. The molecule has 0 aliphatic rings. The van der Waals surface area contributed by atoms with Crippen molar-refractivity contribution < 1.29 is 13.9 Å². The molecule has 0 saturated heterocycles. The van der Waals surface area contributed by atoms with Crippen molar-refractivity contribution in [1.29, 1.82) is 0 Å². The van der Waals surface area contributed by atoms with Crippen molar-refractivity contribution in [2.24, 2.45) is 0 Å². The number of aryl methyl sites for hydroxylation is 1. The Morgan fingerprint density at radius 1 is 1.17 bits per heavy atom. The number of carbonyl (C=O) groups excluding carboxylic acids is 1. The normalized spacial score (nSPS) is 10.1. The van der Waals surface area contributed by atoms with Crippen molar-refractivity contribution in [2.45, 2.75) is 13.5 Å². The summed E-state index contributed by atoms with van der Waals surface area (Å²) >= 11 is 0. The maximum atomic E-state index is 13.3. The molecule has 2 nitrogen and oxygen atoms in total. The van der Waals surface area contributed by atoms with Crippen LogP contribution in [0.3, 0.4) is 0 Å². The SMILES string of the molecule is Cc1ccccc1COc1cccc(F)c1C=O. The fourth-order valence-electron chi connectivity index (χ4n) is 1.69. The highest BCUT2D eigenvalue weighted by atomic mass is 19.1. The number of aldehydes is 1. The highest BCUT2D eigenvalue weighted by molar-refractivity contribution is 5.79. The van der Waals surface area contributed by atoms with Crippen LogP contribution in [0.15, 0.2) is 42.5 Å². The summed E-state index contributed by atoms with van der Waals surface area (Å²) < 4.78 is 18.8. The molecule has 0 heterocycles. The van der Waals surface area contributed by atoms with E-state index in [1.807, 2.05) is 31.2 Å². The number of benzene rings is 2. The zero-order valence-corrected chi connectivity index (χ0v) is 10.0. The van der Waals surface area contributed by atoms with Crippen molar-refractivity contribution in [1.82, 2.24) is 0 Å². The first-order valence-corrected chi connectivity index (χ1v) is 5.63. The van der Waals surface area contributed by atoms with Crippen molar-refractivity contribution in [3.63, 3.8) is 0 Å². The van der Waals surface area contributed by atoms with E-state index in [0.717, 1.165) is 11.1 Å². The fraction of sp³-hybridized carbons (Fsp3) is 0.133. The van der Waals surface area contributed by atoms with E-state index in [0.29, 0.717) is 12.9 Å². The number of halogens is 1. The molecule has 2 aromatic rings. The van der Waals surface area contributed by atoms with Crippen molar-refractivity contribution >= 4 is 6.29 Å². The van der Waals surface area contributed by atoms with E-state index < -0.39 is 5.82 Å². The molecule has 0 aromatic heterocycles. The van der Waals surface area contributed by atoms with Crippen molar-refractivity contribution in [3.05, 3.63) is 65.0 Å². The van der Waals surface area contributed by atoms with Gasteiger partial charge in [-0.15, -0.1) is 0 Å². The van der Waals surface area contributed by atoms with Crippen LogP contribution in [0.25, 0.3) is 0 Å². The molecule has 0 saturated carbocycles. The van der Waals surface area contributed by atoms with Crippen molar-refractivity contribution in [2.75, 3.05) is 0 Å². The van der Waals surface area contributed by atoms with Crippen LogP contribution in [0, 0.1) is 12.7 Å². The standard InChI is InChI=1S/C15H13FO2/c1-11-5-2-3-6-12(11)10-18-15-8-4-7-14(16)13(15)9-17/h2-9H,10H2,1H3. The third-order valence-corrected chi connectivity index (χ3v) is 2.78. The van der Waals surface area contributed by atoms with E-state index >= 15 is 0 Å². The van der Waals surface area contributed by atoms with Gasteiger partial charge >= 0.3 is 0 Å². The minimum atomic E-state index is -0.563. The minimum Gasteiger partial charge on any atom is -0.488 e. The highest BCUT2D eigenvalue weighted by Crippen LogP contribution is 2.21. The van der Waals surface area contributed by atoms with Crippen LogP contribution in [-0.4, -0.2) is 6.29 Å². The molecule has 2 aromatic carbocycles. The van der Waals surface area contributed by atoms with Gasteiger partial charge in [-0.05, 0) is 30.2 Å². The first-order valence-electron chi connectivity index (χ1n) is 5.63. The molecule has 0 fully saturated rings. The molecular formula is C15H13FO2. The van der Waals surface area contributed by atoms with Gasteiger partial charge in [0, 0.05) is 0 Å². The maximum Gasteiger partial charge on any atom is 0.156 e. The molecule has 0 aliphatic carbocycles. The lowest BCUT2D eigenvalue weighted by Crippen LogP contribution is -2.01. The van der Waals surface area contributed by atoms with Gasteiger partial charge in [-0.3, -0.25) is 4.79 Å². The van der Waals surface area contributed by atoms with Crippen LogP contribution in [0.4, 0.5) is 4.39 Å². The van der Waals surface area contributed by atoms with E-state index in [-0.39, 0.29) is 11.3 Å². The van der Waals surface area contributed by atoms with E-state index in [1.54, 1.807) is 6.07 Å². The van der Waals surface area contributed by atoms with Gasteiger partial charge < -0.3 is 4.74 Å². The van der Waals surface area contributed by atoms with Gasteiger partial charge in [-0.1, -0.05) is 30.3 Å². The van der Waals surface area contributed by atoms with E-state index in [4.69, 9.17) is 4.74 Å². The summed E-state index contributed by atoms with van der Waals surface area (Å²) in [5, 5.41) is 0. The summed E-state index contributed by atoms with van der Waals surface area (Å²) in [4.78, 5) is 10.8. The van der Waals surface area contributed by atoms with Gasteiger partial charge in [0.1, 0.15) is 18.2 Å². The van der Waals surface area contributed by atoms with E-state index in [2.05, 4.69) is 0 Å². The van der Waals surface area contributed by atoms with Gasteiger partial charge in [-0.25, -0.2) is 4.39 Å². The fourth-order valence-corrected chi connectivity index (χ4v) is 1.69. The Labute approximate surface area is 105 Å². The average molecular weight is 244 g/mol. The Hall–Kier alpha value is -2.16. The average Bonchev–Trinajstić information content (AvgIpc) is 2.38. The van der Waals surface area contributed by atoms with Crippen LogP contribution in [-0.2, 0) is 6.61 Å². The molecule has 0 amide bonds. The van der Waals surface area contributed by atoms with Crippen LogP contribution < -0.4 is 4.74 Å². The Bertz CT molecular complexity index is 564. The van der Waals surface area contributed by atoms with Crippen LogP contribution >= 0.6 is 0 Å². The monoisotopic (exact) mass is 244 g/mol. The third kappa shape index (κ3) is 2.56. The number of carbonyl (C=O) groups is 1. The summed E-state index contributed by atoms with van der Waals surface area (Å²) in [5.41, 5.74) is 2.08. The largest absolute Gasteiger partial charge is 0.488 e. The molecule has 0 atom stereocenters. The number of hydrogen-bond donors (Lipinski definition) is 0. The molecular weight excluding hydrogens is 231 g/mol. The molecule has 18 heavy (non-hydrogen) atoms. The molecule has 0 radical (unpaired) electrons. The predicted molar refractivity (Wildman–Crippen MR) is 67.3 cm³/mol. The topological polar surface area (TPSA) is 26.3 Å². The lowest BCUT2D eigenvalue weighted by Gasteiger charge is -2.10. The quantitative estimate of drug-likeness (QED) is 0.769. The highest BCUT2D eigenvalue weighted by Gasteiger charge is 2.08. The van der Waals surface area contributed by atoms with Gasteiger partial charge in [0.05, 0.1) is 5.56 Å². The molecule has 0 aliphatic heterocycles. The second-order valence-electron chi connectivity index (χ2n) is 3.98. The first kappa shape index (κ1) is 12.3. The zero-order valence-electron chi connectivity index (χ0n) is 10.0. The van der Waals surface area contributed by atoms with E-state index in [1.165, 1.54) is 12.1 Å². The lowest BCUT2D eigenvalue weighted by molar-refractivity contribution is 0.111. The summed E-state index contributed by atoms with van der Waals surface area (Å²) in [7, 11) is 0. The third-order valence-electron chi connectivity index (χ3n) is 2.78. The maximum absolute atomic E-state index is 13.3. The summed E-state index contributed by atoms with van der Waals surface area (Å²) in [6, 6.07) is 12.1. The first-order chi connectivity index (χ1) is 8.72. The molecule has 2 rings (SSSR count). The van der Waals surface area contributed by atoms with Crippen molar-refractivity contribution in [3.8, 4) is 5.75 Å². The molecule has 0 N–H and O–H groups in total. The Kier molecular flexibility index (Phi) is 3.72. The van der Waals surface area contributed by atoms with Gasteiger partial charge in [0.2, 0.25) is 0 Å². The molecule has 0 bridgehead atoms. The summed E-state index contributed by atoms with van der Waals surface area (Å²) in [5.74, 6) is -0.291. The molecule has 92 valence electrons. The molecule has 0 spiro atoms. The van der Waals surface area contributed by atoms with Crippen LogP contribution in [0.2, 0.25) is 0 Å². The van der Waals surface area contributed by atoms with Gasteiger partial charge in [0.15, 0.2) is 6.29 Å². The lowest BCUT2D eigenvalue weighted by atomic mass is 10.1. The number of ether oxygens (including phenoxy) is 1. The Morgan fingerprint density at radius 3 is 2.67 bits per heavy atom. The second-order valence-corrected chi connectivity index (χ2v) is 3.98. The van der Waals surface area contributed by atoms with Crippen LogP contribution in [0.5, 0.6) is 5.75 Å². The van der Waals surface area contributed by atoms with Gasteiger partial charge in [0.25, 0.3) is 0 Å². The van der Waals surface area contributed by atoms with Gasteiger partial charge in [-0.2, -0.15) is 0 Å². The van der Waals surface area contributed by atoms with Crippen LogP contribution in [0.1, 0.15) is 21.5 Å². The second kappa shape index (κ2) is 5.45. The number of hydrogen-bond acceptors (Lipinski definition) is 2. The Morgan fingerprint density at radius 2 is 1.94 bits per heavy atom. The smallest absolute Gasteiger partial charge is 0.156 e. The summed E-state index contributed by atoms with van der Waals surface area (Å²) in [6.45, 7) is 2.29. The zero-order chi connectivity index (χ0) is 13.0. The number of rotatable bonds is 4. The molecule has 0 unspecified atom stereocenters. The Balaban J connectivity index is 2.18. The molecule has 3 heteroatoms. The van der Waals surface area contributed by atoms with E-state index in [9.17, 15) is 9.18 Å². The summed E-state index contributed by atoms with van der Waals surface area (Å²) in [6.07, 6.45) is 0.475.